The van der Waals surface area contributed by atoms with Gasteiger partial charge in [0.05, 0.1) is 11.1 Å². The Labute approximate surface area is 293 Å². The number of hydrogen-bond acceptors (Lipinski definition) is 5. The average molecular weight is 653 g/mol. The Hall–Kier alpha value is -6.98. The van der Waals surface area contributed by atoms with E-state index >= 15 is 0 Å². The van der Waals surface area contributed by atoms with Crippen LogP contribution >= 0.6 is 0 Å². The predicted molar refractivity (Wildman–Crippen MR) is 207 cm³/mol. The van der Waals surface area contributed by atoms with Crippen LogP contribution in [0.4, 0.5) is 0 Å². The number of hydrogen-bond donors (Lipinski definition) is 0. The summed E-state index contributed by atoms with van der Waals surface area (Å²) in [5.74, 6) is 1.80. The lowest BCUT2D eigenvalue weighted by Crippen LogP contribution is -2.01. The highest BCUT2D eigenvalue weighted by Gasteiger charge is 2.23. The number of rotatable bonds is 5. The summed E-state index contributed by atoms with van der Waals surface area (Å²) < 4.78 is 6.84. The van der Waals surface area contributed by atoms with E-state index < -0.39 is 0 Å². The lowest BCUT2D eigenvalue weighted by molar-refractivity contribution is 0.670. The Kier molecular flexibility index (Phi) is 6.74. The molecule has 238 valence electrons. The standard InChI is InChI=1S/C46H28N4O/c1-3-14-30(15-4-1)44-48-45(31-16-5-2-6-17-31)50-46(49-44)37-22-12-11-21-36(37)42-41-38-26-33-19-9-10-20-34(33)27-40(38)51-43(41)39(28-47-42)35-24-23-29-13-7-8-18-32(29)25-35/h1-28H. The molecule has 3 heterocycles. The van der Waals surface area contributed by atoms with Gasteiger partial charge < -0.3 is 4.42 Å². The molecule has 0 saturated carbocycles. The molecule has 7 aromatic carbocycles. The molecule has 0 unspecified atom stereocenters. The second-order valence-corrected chi connectivity index (χ2v) is 12.7. The van der Waals surface area contributed by atoms with Gasteiger partial charge in [0.1, 0.15) is 11.2 Å². The Morgan fingerprint density at radius 1 is 0.392 bits per heavy atom. The second kappa shape index (κ2) is 11.9. The zero-order valence-corrected chi connectivity index (χ0v) is 27.4. The first-order valence-electron chi connectivity index (χ1n) is 17.0. The van der Waals surface area contributed by atoms with Crippen LogP contribution in [0, 0.1) is 0 Å². The van der Waals surface area contributed by atoms with Crippen molar-refractivity contribution in [1.82, 2.24) is 19.9 Å². The summed E-state index contributed by atoms with van der Waals surface area (Å²) >= 11 is 0. The van der Waals surface area contributed by atoms with E-state index in [0.29, 0.717) is 17.5 Å². The van der Waals surface area contributed by atoms with Gasteiger partial charge in [-0.25, -0.2) is 15.0 Å². The molecule has 0 bridgehead atoms. The smallest absolute Gasteiger partial charge is 0.164 e. The highest BCUT2D eigenvalue weighted by atomic mass is 16.3. The van der Waals surface area contributed by atoms with E-state index in [-0.39, 0.29) is 0 Å². The zero-order chi connectivity index (χ0) is 33.7. The predicted octanol–water partition coefficient (Wildman–Crippen LogP) is 11.8. The molecule has 3 aromatic heterocycles. The Morgan fingerprint density at radius 3 is 1.63 bits per heavy atom. The number of aromatic nitrogens is 4. The molecule has 0 spiro atoms. The number of furan rings is 1. The molecule has 10 aromatic rings. The SMILES string of the molecule is c1ccc(-c2nc(-c3ccccc3)nc(-c3ccccc3-c3ncc(-c4ccc5ccccc5c4)c4oc5cc6ccccc6cc5c34)n2)cc1. The maximum atomic E-state index is 6.84. The Bertz CT molecular complexity index is 2860. The fourth-order valence-electron chi connectivity index (χ4n) is 7.04. The van der Waals surface area contributed by atoms with Gasteiger partial charge in [0, 0.05) is 39.4 Å². The number of fused-ring (bicyclic) bond motifs is 5. The van der Waals surface area contributed by atoms with Gasteiger partial charge in [-0.05, 0) is 45.3 Å². The van der Waals surface area contributed by atoms with Gasteiger partial charge >= 0.3 is 0 Å². The number of pyridine rings is 1. The third-order valence-electron chi connectivity index (χ3n) is 9.54. The minimum Gasteiger partial charge on any atom is -0.455 e. The molecular formula is C46H28N4O. The van der Waals surface area contributed by atoms with Crippen LogP contribution in [-0.2, 0) is 0 Å². The van der Waals surface area contributed by atoms with Crippen molar-refractivity contribution in [2.24, 2.45) is 0 Å². The lowest BCUT2D eigenvalue weighted by Gasteiger charge is -2.13. The molecule has 5 nitrogen and oxygen atoms in total. The number of benzene rings is 7. The number of nitrogens with zero attached hydrogens (tertiary/aromatic N) is 4. The molecule has 51 heavy (non-hydrogen) atoms. The molecule has 5 heteroatoms. The van der Waals surface area contributed by atoms with Crippen LogP contribution in [-0.4, -0.2) is 19.9 Å². The molecule has 0 aliphatic rings. The summed E-state index contributed by atoms with van der Waals surface area (Å²) in [5.41, 5.74) is 8.01. The van der Waals surface area contributed by atoms with Crippen LogP contribution < -0.4 is 0 Å². The summed E-state index contributed by atoms with van der Waals surface area (Å²) in [5, 5.41) is 6.58. The molecule has 0 fully saturated rings. The topological polar surface area (TPSA) is 64.7 Å². The van der Waals surface area contributed by atoms with E-state index in [4.69, 9.17) is 24.4 Å². The van der Waals surface area contributed by atoms with Gasteiger partial charge in [0.15, 0.2) is 17.5 Å². The largest absolute Gasteiger partial charge is 0.455 e. The van der Waals surface area contributed by atoms with E-state index in [1.807, 2.05) is 79.0 Å². The molecule has 0 aliphatic heterocycles. The molecular weight excluding hydrogens is 625 g/mol. The summed E-state index contributed by atoms with van der Waals surface area (Å²) in [6, 6.07) is 56.0. The van der Waals surface area contributed by atoms with Crippen molar-refractivity contribution in [3.8, 4) is 56.5 Å². The van der Waals surface area contributed by atoms with Crippen molar-refractivity contribution in [1.29, 1.82) is 0 Å². The van der Waals surface area contributed by atoms with Crippen molar-refractivity contribution < 1.29 is 4.42 Å². The van der Waals surface area contributed by atoms with E-state index in [9.17, 15) is 0 Å². The first kappa shape index (κ1) is 29.0. The monoisotopic (exact) mass is 652 g/mol. The summed E-state index contributed by atoms with van der Waals surface area (Å²) in [4.78, 5) is 20.3. The lowest BCUT2D eigenvalue weighted by atomic mass is 9.95. The van der Waals surface area contributed by atoms with Crippen molar-refractivity contribution in [2.45, 2.75) is 0 Å². The normalized spacial score (nSPS) is 11.5. The maximum absolute atomic E-state index is 6.84. The molecule has 0 saturated heterocycles. The van der Waals surface area contributed by atoms with Crippen LogP contribution in [0.1, 0.15) is 0 Å². The van der Waals surface area contributed by atoms with Crippen molar-refractivity contribution >= 4 is 43.5 Å². The van der Waals surface area contributed by atoms with Gasteiger partial charge in [-0.2, -0.15) is 0 Å². The van der Waals surface area contributed by atoms with Crippen LogP contribution in [0.25, 0.3) is 100 Å². The van der Waals surface area contributed by atoms with Crippen molar-refractivity contribution in [2.75, 3.05) is 0 Å². The molecule has 0 N–H and O–H groups in total. The van der Waals surface area contributed by atoms with Gasteiger partial charge in [-0.1, -0.05) is 146 Å². The fourth-order valence-corrected chi connectivity index (χ4v) is 7.04. The molecule has 10 rings (SSSR count). The third kappa shape index (κ3) is 5.03. The van der Waals surface area contributed by atoms with Crippen LogP contribution in [0.15, 0.2) is 174 Å². The Balaban J connectivity index is 1.25. The van der Waals surface area contributed by atoms with Gasteiger partial charge in [-0.3, -0.25) is 4.98 Å². The highest BCUT2D eigenvalue weighted by molar-refractivity contribution is 6.18. The quantitative estimate of drug-likeness (QED) is 0.185. The van der Waals surface area contributed by atoms with E-state index in [0.717, 1.165) is 77.2 Å². The first-order chi connectivity index (χ1) is 25.3. The maximum Gasteiger partial charge on any atom is 0.164 e. The molecule has 0 radical (unpaired) electrons. The van der Waals surface area contributed by atoms with E-state index in [1.54, 1.807) is 0 Å². The summed E-state index contributed by atoms with van der Waals surface area (Å²) in [6.45, 7) is 0. The summed E-state index contributed by atoms with van der Waals surface area (Å²) in [6.07, 6.45) is 1.94. The highest BCUT2D eigenvalue weighted by Crippen LogP contribution is 2.44. The molecule has 0 aliphatic carbocycles. The molecule has 0 amide bonds. The molecule has 0 atom stereocenters. The van der Waals surface area contributed by atoms with Gasteiger partial charge in [-0.15, -0.1) is 0 Å². The van der Waals surface area contributed by atoms with Crippen LogP contribution in [0.2, 0.25) is 0 Å². The van der Waals surface area contributed by atoms with Crippen LogP contribution in [0.3, 0.4) is 0 Å². The van der Waals surface area contributed by atoms with Crippen molar-refractivity contribution in [3.63, 3.8) is 0 Å². The summed E-state index contributed by atoms with van der Waals surface area (Å²) in [7, 11) is 0. The third-order valence-corrected chi connectivity index (χ3v) is 9.54. The minimum atomic E-state index is 0.574. The average Bonchev–Trinajstić information content (AvgIpc) is 3.58. The van der Waals surface area contributed by atoms with Gasteiger partial charge in [0.2, 0.25) is 0 Å². The van der Waals surface area contributed by atoms with E-state index in [1.165, 1.54) is 5.39 Å². The fraction of sp³-hybridized carbons (Fsp3) is 0. The zero-order valence-electron chi connectivity index (χ0n) is 27.4. The minimum absolute atomic E-state index is 0.574. The van der Waals surface area contributed by atoms with Gasteiger partial charge in [0.25, 0.3) is 0 Å². The first-order valence-corrected chi connectivity index (χ1v) is 17.0. The second-order valence-electron chi connectivity index (χ2n) is 12.7. The van der Waals surface area contributed by atoms with E-state index in [2.05, 4.69) is 91.0 Å². The van der Waals surface area contributed by atoms with Crippen LogP contribution in [0.5, 0.6) is 0 Å². The van der Waals surface area contributed by atoms with Crippen molar-refractivity contribution in [3.05, 3.63) is 170 Å². The Morgan fingerprint density at radius 2 is 0.941 bits per heavy atom.